The third kappa shape index (κ3) is 1.90. The maximum absolute atomic E-state index is 6.38. The first-order valence-electron chi connectivity index (χ1n) is 8.67. The summed E-state index contributed by atoms with van der Waals surface area (Å²) in [7, 11) is 0. The Morgan fingerprint density at radius 3 is 2.63 bits per heavy atom. The Hall–Kier alpha value is -0.0800. The highest BCUT2D eigenvalue weighted by Gasteiger charge is 2.68. The van der Waals surface area contributed by atoms with Gasteiger partial charge >= 0.3 is 0 Å². The average Bonchev–Trinajstić information content (AvgIpc) is 3.03. The van der Waals surface area contributed by atoms with Crippen molar-refractivity contribution in [1.29, 1.82) is 0 Å². The Kier molecular flexibility index (Phi) is 3.35. The van der Waals surface area contributed by atoms with Gasteiger partial charge in [-0.3, -0.25) is 0 Å². The van der Waals surface area contributed by atoms with Gasteiger partial charge in [0, 0.05) is 0 Å². The molecule has 2 aliphatic carbocycles. The molecule has 0 N–H and O–H groups in total. The van der Waals surface area contributed by atoms with E-state index in [1.807, 2.05) is 0 Å². The first-order valence-corrected chi connectivity index (χ1v) is 8.67. The van der Waals surface area contributed by atoms with Gasteiger partial charge in [-0.25, -0.2) is 0 Å². The van der Waals surface area contributed by atoms with E-state index in [9.17, 15) is 0 Å². The number of ether oxygens (including phenoxy) is 2. The van der Waals surface area contributed by atoms with Gasteiger partial charge in [0.05, 0.1) is 24.9 Å². The van der Waals surface area contributed by atoms with Crippen molar-refractivity contribution >= 4 is 0 Å². The van der Waals surface area contributed by atoms with Crippen molar-refractivity contribution in [3.8, 4) is 0 Å². The van der Waals surface area contributed by atoms with E-state index >= 15 is 0 Å². The second kappa shape index (κ2) is 5.04. The van der Waals surface area contributed by atoms with E-state index in [4.69, 9.17) is 9.47 Å². The zero-order chi connectivity index (χ0) is 12.8. The lowest BCUT2D eigenvalue weighted by atomic mass is 9.77. The fraction of sp³-hybridized carbons (Fsp3) is 1.00. The molecule has 4 fully saturated rings. The molecule has 7 atom stereocenters. The van der Waals surface area contributed by atoms with Crippen LogP contribution >= 0.6 is 0 Å². The third-order valence-electron chi connectivity index (χ3n) is 6.34. The maximum Gasteiger partial charge on any atom is 0.0875 e. The summed E-state index contributed by atoms with van der Waals surface area (Å²) in [6.07, 6.45) is 12.7. The van der Waals surface area contributed by atoms with Crippen LogP contribution in [0.3, 0.4) is 0 Å². The maximum atomic E-state index is 6.38. The molecule has 2 heteroatoms. The van der Waals surface area contributed by atoms with Gasteiger partial charge in [-0.2, -0.15) is 0 Å². The van der Waals surface area contributed by atoms with Crippen molar-refractivity contribution in [2.24, 2.45) is 23.7 Å². The Morgan fingerprint density at radius 1 is 0.895 bits per heavy atom. The van der Waals surface area contributed by atoms with Crippen molar-refractivity contribution in [3.63, 3.8) is 0 Å². The lowest BCUT2D eigenvalue weighted by Gasteiger charge is -2.23. The molecule has 108 valence electrons. The number of fused-ring (bicyclic) bond motifs is 2. The largest absolute Gasteiger partial charge is 0.375 e. The van der Waals surface area contributed by atoms with Crippen LogP contribution in [0, 0.1) is 23.7 Å². The molecule has 2 bridgehead atoms. The van der Waals surface area contributed by atoms with E-state index in [0.29, 0.717) is 18.3 Å². The minimum atomic E-state index is 0.485. The van der Waals surface area contributed by atoms with Crippen molar-refractivity contribution in [2.75, 3.05) is 6.61 Å². The van der Waals surface area contributed by atoms with Gasteiger partial charge in [0.15, 0.2) is 0 Å². The first-order chi connectivity index (χ1) is 9.40. The molecule has 2 saturated carbocycles. The summed E-state index contributed by atoms with van der Waals surface area (Å²) < 4.78 is 12.3. The Bertz CT molecular complexity index is 325. The highest BCUT2D eigenvalue weighted by Crippen LogP contribution is 2.63. The molecule has 2 heterocycles. The van der Waals surface area contributed by atoms with Gasteiger partial charge < -0.3 is 9.47 Å². The van der Waals surface area contributed by atoms with E-state index < -0.39 is 0 Å². The van der Waals surface area contributed by atoms with Crippen molar-refractivity contribution < 1.29 is 9.47 Å². The van der Waals surface area contributed by atoms with Crippen LogP contribution in [0.2, 0.25) is 0 Å². The summed E-state index contributed by atoms with van der Waals surface area (Å²) in [5.74, 6) is 3.46. The molecule has 6 unspecified atom stereocenters. The van der Waals surface area contributed by atoms with Gasteiger partial charge in [0.1, 0.15) is 0 Å². The molecular formula is C17H28O2. The summed E-state index contributed by atoms with van der Waals surface area (Å²) in [6.45, 7) is 3.33. The molecule has 2 nitrogen and oxygen atoms in total. The van der Waals surface area contributed by atoms with Gasteiger partial charge in [-0.1, -0.05) is 45.4 Å². The van der Waals surface area contributed by atoms with Crippen molar-refractivity contribution in [3.05, 3.63) is 0 Å². The highest BCUT2D eigenvalue weighted by molar-refractivity contribution is 5.15. The van der Waals surface area contributed by atoms with Gasteiger partial charge in [0.25, 0.3) is 0 Å². The normalized spacial score (nSPS) is 49.4. The SMILES string of the molecule is CCCCCCCC[C@H]1OC2C3CC4C(COC42)C31. The minimum absolute atomic E-state index is 0.485. The Balaban J connectivity index is 1.26. The molecule has 0 aromatic carbocycles. The lowest BCUT2D eigenvalue weighted by molar-refractivity contribution is -0.0561. The summed E-state index contributed by atoms with van der Waals surface area (Å²) in [4.78, 5) is 0. The second-order valence-corrected chi connectivity index (χ2v) is 7.30. The molecule has 0 aromatic rings. The minimum Gasteiger partial charge on any atom is -0.375 e. The zero-order valence-electron chi connectivity index (χ0n) is 12.2. The van der Waals surface area contributed by atoms with Crippen LogP contribution in [-0.2, 0) is 9.47 Å². The smallest absolute Gasteiger partial charge is 0.0875 e. The van der Waals surface area contributed by atoms with Crippen molar-refractivity contribution in [1.82, 2.24) is 0 Å². The van der Waals surface area contributed by atoms with Crippen LogP contribution in [0.5, 0.6) is 0 Å². The predicted molar refractivity (Wildman–Crippen MR) is 75.0 cm³/mol. The van der Waals surface area contributed by atoms with Gasteiger partial charge in [0.2, 0.25) is 0 Å². The number of unbranched alkanes of at least 4 members (excludes halogenated alkanes) is 5. The second-order valence-electron chi connectivity index (χ2n) is 7.30. The fourth-order valence-corrected chi connectivity index (χ4v) is 5.55. The molecule has 4 aliphatic rings. The molecule has 19 heavy (non-hydrogen) atoms. The van der Waals surface area contributed by atoms with Crippen LogP contribution in [0.25, 0.3) is 0 Å². The fourth-order valence-electron chi connectivity index (χ4n) is 5.55. The topological polar surface area (TPSA) is 18.5 Å². The molecule has 0 spiro atoms. The molecule has 0 aromatic heterocycles. The standard InChI is InChI=1S/C17H28O2/c1-2-3-4-5-6-7-8-14-15-12-9-11-13(15)10-18-16(11)17(12)19-14/h11-17H,2-10H2,1H3/t11?,12?,13?,14-,15?,16?,17?/m1/s1. The predicted octanol–water partition coefficient (Wildman–Crippen LogP) is 3.79. The molecule has 2 saturated heterocycles. The van der Waals surface area contributed by atoms with Crippen LogP contribution in [0.4, 0.5) is 0 Å². The van der Waals surface area contributed by atoms with E-state index in [1.54, 1.807) is 0 Å². The number of hydrogen-bond donors (Lipinski definition) is 0. The van der Waals surface area contributed by atoms with Crippen molar-refractivity contribution in [2.45, 2.75) is 76.6 Å². The number of rotatable bonds is 7. The Morgan fingerprint density at radius 2 is 1.74 bits per heavy atom. The summed E-state index contributed by atoms with van der Waals surface area (Å²) in [5, 5.41) is 0. The summed E-state index contributed by atoms with van der Waals surface area (Å²) in [5.41, 5.74) is 0. The summed E-state index contributed by atoms with van der Waals surface area (Å²) >= 11 is 0. The molecule has 0 amide bonds. The van der Waals surface area contributed by atoms with E-state index in [1.165, 1.54) is 51.4 Å². The van der Waals surface area contributed by atoms with E-state index in [-0.39, 0.29) is 0 Å². The highest BCUT2D eigenvalue weighted by atomic mass is 16.6. The molecular weight excluding hydrogens is 236 g/mol. The van der Waals surface area contributed by atoms with E-state index in [2.05, 4.69) is 6.92 Å². The third-order valence-corrected chi connectivity index (χ3v) is 6.34. The Labute approximate surface area is 117 Å². The summed E-state index contributed by atoms with van der Waals surface area (Å²) in [6, 6.07) is 0. The average molecular weight is 264 g/mol. The molecule has 4 rings (SSSR count). The quantitative estimate of drug-likeness (QED) is 0.651. The van der Waals surface area contributed by atoms with Crippen LogP contribution < -0.4 is 0 Å². The van der Waals surface area contributed by atoms with Gasteiger partial charge in [-0.05, 0) is 36.5 Å². The number of hydrogen-bond acceptors (Lipinski definition) is 2. The molecule has 0 radical (unpaired) electrons. The zero-order valence-corrected chi connectivity index (χ0v) is 12.2. The van der Waals surface area contributed by atoms with Crippen LogP contribution in [-0.4, -0.2) is 24.9 Å². The van der Waals surface area contributed by atoms with Crippen LogP contribution in [0.15, 0.2) is 0 Å². The van der Waals surface area contributed by atoms with Crippen LogP contribution in [0.1, 0.15) is 58.3 Å². The molecule has 2 aliphatic heterocycles. The monoisotopic (exact) mass is 264 g/mol. The van der Waals surface area contributed by atoms with Gasteiger partial charge in [-0.15, -0.1) is 0 Å². The lowest BCUT2D eigenvalue weighted by Crippen LogP contribution is -2.31. The first kappa shape index (κ1) is 12.6. The van der Waals surface area contributed by atoms with E-state index in [0.717, 1.165) is 30.3 Å².